The van der Waals surface area contributed by atoms with Gasteiger partial charge in [-0.3, -0.25) is 15.3 Å². The predicted octanol–water partition coefficient (Wildman–Crippen LogP) is 0.933. The van der Waals surface area contributed by atoms with Crippen molar-refractivity contribution in [3.8, 4) is 0 Å². The summed E-state index contributed by atoms with van der Waals surface area (Å²) in [7, 11) is 0. The van der Waals surface area contributed by atoms with Gasteiger partial charge in [0.2, 0.25) is 0 Å². The molecule has 0 saturated carbocycles. The van der Waals surface area contributed by atoms with Gasteiger partial charge in [-0.2, -0.15) is 0 Å². The van der Waals surface area contributed by atoms with Gasteiger partial charge in [-0.25, -0.2) is 0 Å². The first-order chi connectivity index (χ1) is 10.1. The molecular formula is C15H22N2O4. The molecule has 0 amide bonds. The van der Waals surface area contributed by atoms with E-state index in [9.17, 15) is 9.59 Å². The van der Waals surface area contributed by atoms with E-state index in [1.807, 2.05) is 37.3 Å². The Kier molecular flexibility index (Phi) is 7.42. The molecule has 6 nitrogen and oxygen atoms in total. The van der Waals surface area contributed by atoms with Crippen LogP contribution in [0, 0.1) is 5.92 Å². The van der Waals surface area contributed by atoms with Crippen molar-refractivity contribution in [1.29, 1.82) is 0 Å². The molecule has 1 aromatic carbocycles. The molecule has 0 heterocycles. The van der Waals surface area contributed by atoms with Crippen molar-refractivity contribution in [3.63, 3.8) is 0 Å². The Balaban J connectivity index is 2.63. The molecule has 116 valence electrons. The molecule has 0 aliphatic heterocycles. The van der Waals surface area contributed by atoms with Gasteiger partial charge in [-0.05, 0) is 18.4 Å². The molecule has 1 rings (SSSR count). The molecular weight excluding hydrogens is 272 g/mol. The molecule has 0 fully saturated rings. The van der Waals surface area contributed by atoms with E-state index in [4.69, 9.17) is 20.9 Å². The molecule has 0 saturated heterocycles. The number of ether oxygens (including phenoxy) is 2. The van der Waals surface area contributed by atoms with Gasteiger partial charge in [0.25, 0.3) is 0 Å². The van der Waals surface area contributed by atoms with Crippen LogP contribution in [0.1, 0.15) is 25.3 Å². The molecule has 0 aliphatic carbocycles. The van der Waals surface area contributed by atoms with Crippen LogP contribution in [0.5, 0.6) is 0 Å². The monoisotopic (exact) mass is 294 g/mol. The molecule has 0 bridgehead atoms. The van der Waals surface area contributed by atoms with E-state index < -0.39 is 17.9 Å². The van der Waals surface area contributed by atoms with E-state index in [-0.39, 0.29) is 25.8 Å². The van der Waals surface area contributed by atoms with E-state index in [1.165, 1.54) is 0 Å². The van der Waals surface area contributed by atoms with Gasteiger partial charge in [-0.15, -0.1) is 0 Å². The summed E-state index contributed by atoms with van der Waals surface area (Å²) in [6.45, 7) is 1.71. The average molecular weight is 294 g/mol. The molecule has 1 aromatic rings. The van der Waals surface area contributed by atoms with Crippen molar-refractivity contribution in [1.82, 2.24) is 0 Å². The third-order valence-corrected chi connectivity index (χ3v) is 3.08. The fourth-order valence-corrected chi connectivity index (χ4v) is 1.77. The second-order valence-corrected chi connectivity index (χ2v) is 4.68. The topological polar surface area (TPSA) is 105 Å². The van der Waals surface area contributed by atoms with Crippen molar-refractivity contribution in [2.24, 2.45) is 17.4 Å². The number of hydrogen-bond acceptors (Lipinski definition) is 6. The van der Waals surface area contributed by atoms with Crippen LogP contribution in [0.2, 0.25) is 0 Å². The zero-order valence-electron chi connectivity index (χ0n) is 12.2. The molecule has 0 radical (unpaired) electrons. The highest BCUT2D eigenvalue weighted by Gasteiger charge is 2.31. The van der Waals surface area contributed by atoms with Crippen LogP contribution in [0.3, 0.4) is 0 Å². The van der Waals surface area contributed by atoms with E-state index in [1.54, 1.807) is 0 Å². The second kappa shape index (κ2) is 9.10. The number of hydrogen-bond donors (Lipinski definition) is 2. The lowest BCUT2D eigenvalue weighted by Crippen LogP contribution is -2.35. The third-order valence-electron chi connectivity index (χ3n) is 3.08. The zero-order valence-corrected chi connectivity index (χ0v) is 12.2. The summed E-state index contributed by atoms with van der Waals surface area (Å²) in [6.07, 6.45) is 0.835. The number of rotatable bonds is 8. The highest BCUT2D eigenvalue weighted by atomic mass is 16.6. The van der Waals surface area contributed by atoms with Gasteiger partial charge in [0.05, 0.1) is 0 Å². The Morgan fingerprint density at radius 3 is 2.33 bits per heavy atom. The Bertz CT molecular complexity index is 450. The van der Waals surface area contributed by atoms with Crippen molar-refractivity contribution in [3.05, 3.63) is 35.9 Å². The summed E-state index contributed by atoms with van der Waals surface area (Å²) < 4.78 is 9.87. The molecule has 1 unspecified atom stereocenters. The SMILES string of the molecule is CCC(N)C[C@H](C(=O)OCN)C(=O)OCc1ccccc1. The van der Waals surface area contributed by atoms with Gasteiger partial charge in [0.15, 0.2) is 5.92 Å². The normalized spacial score (nSPS) is 13.3. The van der Waals surface area contributed by atoms with Crippen LogP contribution in [0.4, 0.5) is 0 Å². The van der Waals surface area contributed by atoms with Crippen LogP contribution < -0.4 is 11.5 Å². The van der Waals surface area contributed by atoms with E-state index in [0.29, 0.717) is 6.42 Å². The maximum Gasteiger partial charge on any atom is 0.321 e. The summed E-state index contributed by atoms with van der Waals surface area (Å²) in [6, 6.07) is 8.94. The lowest BCUT2D eigenvalue weighted by atomic mass is 9.99. The standard InChI is InChI=1S/C15H22N2O4/c1-2-12(17)8-13(15(19)21-10-16)14(18)20-9-11-6-4-3-5-7-11/h3-7,12-13H,2,8-10,16-17H2,1H3/t12?,13-/m0/s1. The average Bonchev–Trinajstić information content (AvgIpc) is 2.51. The fraction of sp³-hybridized carbons (Fsp3) is 0.467. The number of carbonyl (C=O) groups is 2. The maximum atomic E-state index is 12.1. The Morgan fingerprint density at radius 1 is 1.14 bits per heavy atom. The lowest BCUT2D eigenvalue weighted by Gasteiger charge is -2.17. The Labute approximate surface area is 124 Å². The summed E-state index contributed by atoms with van der Waals surface area (Å²) in [5, 5.41) is 0. The second-order valence-electron chi connectivity index (χ2n) is 4.68. The highest BCUT2D eigenvalue weighted by Crippen LogP contribution is 2.14. The predicted molar refractivity (Wildman–Crippen MR) is 77.8 cm³/mol. The first-order valence-electron chi connectivity index (χ1n) is 6.91. The van der Waals surface area contributed by atoms with Crippen molar-refractivity contribution >= 4 is 11.9 Å². The van der Waals surface area contributed by atoms with Crippen LogP contribution in [-0.4, -0.2) is 24.7 Å². The minimum absolute atomic E-state index is 0.105. The number of carbonyl (C=O) groups excluding carboxylic acids is 2. The number of esters is 2. The summed E-state index contributed by atoms with van der Waals surface area (Å²) >= 11 is 0. The van der Waals surface area contributed by atoms with Crippen LogP contribution in [-0.2, 0) is 25.7 Å². The third kappa shape index (κ3) is 5.93. The number of nitrogens with two attached hydrogens (primary N) is 2. The van der Waals surface area contributed by atoms with Gasteiger partial charge in [0, 0.05) is 6.04 Å². The van der Waals surface area contributed by atoms with Gasteiger partial charge in [0.1, 0.15) is 13.3 Å². The van der Waals surface area contributed by atoms with Crippen LogP contribution in [0.15, 0.2) is 30.3 Å². The van der Waals surface area contributed by atoms with Crippen molar-refractivity contribution in [2.45, 2.75) is 32.4 Å². The van der Waals surface area contributed by atoms with E-state index in [0.717, 1.165) is 5.56 Å². The van der Waals surface area contributed by atoms with Crippen LogP contribution >= 0.6 is 0 Å². The highest BCUT2D eigenvalue weighted by molar-refractivity contribution is 5.94. The molecule has 0 aliphatic rings. The lowest BCUT2D eigenvalue weighted by molar-refractivity contribution is -0.163. The molecule has 21 heavy (non-hydrogen) atoms. The molecule has 4 N–H and O–H groups in total. The first-order valence-corrected chi connectivity index (χ1v) is 6.91. The van der Waals surface area contributed by atoms with Crippen molar-refractivity contribution in [2.75, 3.05) is 6.73 Å². The molecule has 0 spiro atoms. The Morgan fingerprint density at radius 2 is 1.76 bits per heavy atom. The zero-order chi connectivity index (χ0) is 15.7. The van der Waals surface area contributed by atoms with Crippen molar-refractivity contribution < 1.29 is 19.1 Å². The molecule has 6 heteroatoms. The largest absolute Gasteiger partial charge is 0.460 e. The summed E-state index contributed by atoms with van der Waals surface area (Å²) in [5.74, 6) is -2.37. The van der Waals surface area contributed by atoms with Crippen LogP contribution in [0.25, 0.3) is 0 Å². The smallest absolute Gasteiger partial charge is 0.321 e. The van der Waals surface area contributed by atoms with Gasteiger partial charge in [-0.1, -0.05) is 37.3 Å². The van der Waals surface area contributed by atoms with Gasteiger partial charge < -0.3 is 15.2 Å². The summed E-state index contributed by atoms with van der Waals surface area (Å²) in [5.41, 5.74) is 11.8. The minimum atomic E-state index is -1.03. The first kappa shape index (κ1) is 17.1. The maximum absolute atomic E-state index is 12.1. The summed E-state index contributed by atoms with van der Waals surface area (Å²) in [4.78, 5) is 23.9. The minimum Gasteiger partial charge on any atom is -0.460 e. The van der Waals surface area contributed by atoms with E-state index in [2.05, 4.69) is 0 Å². The van der Waals surface area contributed by atoms with Gasteiger partial charge >= 0.3 is 11.9 Å². The molecule has 0 aromatic heterocycles. The number of benzene rings is 1. The van der Waals surface area contributed by atoms with E-state index >= 15 is 0 Å². The fourth-order valence-electron chi connectivity index (χ4n) is 1.77. The Hall–Kier alpha value is -1.92. The quantitative estimate of drug-likeness (QED) is 0.420. The molecule has 2 atom stereocenters.